The molecule has 9 rings (SSSR count). The molecule has 0 amide bonds. The highest BCUT2D eigenvalue weighted by Crippen LogP contribution is 2.44. The first-order chi connectivity index (χ1) is 24.8. The van der Waals surface area contributed by atoms with E-state index in [9.17, 15) is 0 Å². The minimum atomic E-state index is 1.09. The topological polar surface area (TPSA) is 8.17 Å². The van der Waals surface area contributed by atoms with Crippen LogP contribution in [0.15, 0.2) is 206 Å². The third-order valence-corrected chi connectivity index (χ3v) is 9.59. The Labute approximate surface area is 292 Å². The normalized spacial score (nSPS) is 11.2. The molecule has 2 nitrogen and oxygen atoms in total. The lowest BCUT2D eigenvalue weighted by atomic mass is 9.97. The number of rotatable bonds is 7. The van der Waals surface area contributed by atoms with E-state index in [0.717, 1.165) is 22.7 Å². The maximum absolute atomic E-state index is 2.41. The molecular weight excluding hydrogens is 605 g/mol. The number of benzene rings is 8. The zero-order valence-corrected chi connectivity index (χ0v) is 27.5. The summed E-state index contributed by atoms with van der Waals surface area (Å²) in [6.45, 7) is 0. The minimum Gasteiger partial charge on any atom is -0.310 e. The first kappa shape index (κ1) is 29.5. The van der Waals surface area contributed by atoms with Crippen LogP contribution >= 0.6 is 0 Å². The van der Waals surface area contributed by atoms with Crippen molar-refractivity contribution in [2.24, 2.45) is 0 Å². The molecule has 8 aromatic carbocycles. The molecule has 0 aliphatic heterocycles. The standard InChI is InChI=1S/C48H34N2/c1-4-15-35(16-5-1)37-27-29-41(30-28-37)49(46-25-12-10-23-43(46)39-20-14-19-38(33-39)36-17-6-2-7-18-36)42-31-32-45-44-24-11-13-26-47(44)50(48(45)34-42)40-21-8-3-9-22-40/h1-34H. The van der Waals surface area contributed by atoms with Crippen LogP contribution in [0.5, 0.6) is 0 Å². The van der Waals surface area contributed by atoms with E-state index in [1.807, 2.05) is 0 Å². The summed E-state index contributed by atoms with van der Waals surface area (Å²) in [6, 6.07) is 74.1. The Balaban J connectivity index is 1.26. The molecule has 1 aromatic heterocycles. The van der Waals surface area contributed by atoms with Crippen LogP contribution in [0.4, 0.5) is 17.1 Å². The summed E-state index contributed by atoms with van der Waals surface area (Å²) < 4.78 is 2.39. The molecule has 0 spiro atoms. The van der Waals surface area contributed by atoms with Gasteiger partial charge in [-0.15, -0.1) is 0 Å². The number of fused-ring (bicyclic) bond motifs is 3. The molecule has 0 saturated heterocycles. The highest BCUT2D eigenvalue weighted by Gasteiger charge is 2.20. The Kier molecular flexibility index (Phi) is 7.53. The molecular formula is C48H34N2. The Morgan fingerprint density at radius 2 is 0.860 bits per heavy atom. The summed E-state index contributed by atoms with van der Waals surface area (Å²) in [4.78, 5) is 2.41. The van der Waals surface area contributed by atoms with Crippen molar-refractivity contribution in [2.75, 3.05) is 4.90 Å². The number of para-hydroxylation sites is 3. The maximum atomic E-state index is 2.41. The van der Waals surface area contributed by atoms with Crippen molar-refractivity contribution in [1.82, 2.24) is 4.57 Å². The van der Waals surface area contributed by atoms with Gasteiger partial charge in [0.1, 0.15) is 0 Å². The molecule has 0 saturated carbocycles. The van der Waals surface area contributed by atoms with E-state index >= 15 is 0 Å². The number of anilines is 3. The highest BCUT2D eigenvalue weighted by molar-refractivity contribution is 6.10. The first-order valence-corrected chi connectivity index (χ1v) is 17.1. The van der Waals surface area contributed by atoms with E-state index in [2.05, 4.69) is 216 Å². The summed E-state index contributed by atoms with van der Waals surface area (Å²) in [5, 5.41) is 2.48. The van der Waals surface area contributed by atoms with Crippen molar-refractivity contribution < 1.29 is 0 Å². The molecule has 236 valence electrons. The van der Waals surface area contributed by atoms with Gasteiger partial charge in [0.05, 0.1) is 16.7 Å². The molecule has 0 N–H and O–H groups in total. The second-order valence-electron chi connectivity index (χ2n) is 12.6. The molecule has 2 heteroatoms. The third-order valence-electron chi connectivity index (χ3n) is 9.59. The summed E-state index contributed by atoms with van der Waals surface area (Å²) >= 11 is 0. The van der Waals surface area contributed by atoms with Crippen molar-refractivity contribution in [3.05, 3.63) is 206 Å². The van der Waals surface area contributed by atoms with Gasteiger partial charge < -0.3 is 9.47 Å². The van der Waals surface area contributed by atoms with Gasteiger partial charge >= 0.3 is 0 Å². The molecule has 0 aliphatic rings. The molecule has 50 heavy (non-hydrogen) atoms. The molecule has 0 radical (unpaired) electrons. The summed E-state index contributed by atoms with van der Waals surface area (Å²) in [5.74, 6) is 0. The van der Waals surface area contributed by atoms with E-state index < -0.39 is 0 Å². The smallest absolute Gasteiger partial charge is 0.0561 e. The zero-order chi connectivity index (χ0) is 33.3. The predicted molar refractivity (Wildman–Crippen MR) is 212 cm³/mol. The number of hydrogen-bond acceptors (Lipinski definition) is 1. The van der Waals surface area contributed by atoms with Gasteiger partial charge in [0, 0.05) is 33.4 Å². The fourth-order valence-electron chi connectivity index (χ4n) is 7.22. The SMILES string of the molecule is c1ccc(-c2ccc(N(c3ccc4c5ccccc5n(-c5ccccc5)c4c3)c3ccccc3-c3cccc(-c4ccccc4)c3)cc2)cc1. The van der Waals surface area contributed by atoms with Gasteiger partial charge in [-0.25, -0.2) is 0 Å². The van der Waals surface area contributed by atoms with Crippen molar-refractivity contribution in [1.29, 1.82) is 0 Å². The van der Waals surface area contributed by atoms with E-state index in [1.54, 1.807) is 0 Å². The fourth-order valence-corrected chi connectivity index (χ4v) is 7.22. The van der Waals surface area contributed by atoms with E-state index in [4.69, 9.17) is 0 Å². The van der Waals surface area contributed by atoms with Gasteiger partial charge in [0.25, 0.3) is 0 Å². The van der Waals surface area contributed by atoms with Crippen molar-refractivity contribution >= 4 is 38.9 Å². The van der Waals surface area contributed by atoms with E-state index in [1.165, 1.54) is 55.2 Å². The zero-order valence-electron chi connectivity index (χ0n) is 27.5. The van der Waals surface area contributed by atoms with E-state index in [-0.39, 0.29) is 0 Å². The van der Waals surface area contributed by atoms with Crippen LogP contribution < -0.4 is 4.90 Å². The van der Waals surface area contributed by atoms with Crippen LogP contribution in [-0.2, 0) is 0 Å². The molecule has 9 aromatic rings. The van der Waals surface area contributed by atoms with Crippen LogP contribution in [0.25, 0.3) is 60.9 Å². The van der Waals surface area contributed by atoms with Gasteiger partial charge in [-0.05, 0) is 82.4 Å². The summed E-state index contributed by atoms with van der Waals surface area (Å²) in [5.41, 5.74) is 14.0. The second kappa shape index (κ2) is 12.8. The maximum Gasteiger partial charge on any atom is 0.0561 e. The lowest BCUT2D eigenvalue weighted by Crippen LogP contribution is -2.11. The fraction of sp³-hybridized carbons (Fsp3) is 0. The predicted octanol–water partition coefficient (Wildman–Crippen LogP) is 13.3. The molecule has 0 fully saturated rings. The first-order valence-electron chi connectivity index (χ1n) is 17.1. The van der Waals surface area contributed by atoms with Crippen molar-refractivity contribution in [3.8, 4) is 39.1 Å². The van der Waals surface area contributed by atoms with Crippen molar-refractivity contribution in [2.45, 2.75) is 0 Å². The van der Waals surface area contributed by atoms with Crippen LogP contribution in [-0.4, -0.2) is 4.57 Å². The second-order valence-corrected chi connectivity index (χ2v) is 12.6. The molecule has 0 aliphatic carbocycles. The Morgan fingerprint density at radius 3 is 1.62 bits per heavy atom. The molecule has 1 heterocycles. The van der Waals surface area contributed by atoms with Gasteiger partial charge in [0.15, 0.2) is 0 Å². The van der Waals surface area contributed by atoms with Gasteiger partial charge in [-0.3, -0.25) is 0 Å². The molecule has 0 atom stereocenters. The average Bonchev–Trinajstić information content (AvgIpc) is 3.53. The quantitative estimate of drug-likeness (QED) is 0.169. The largest absolute Gasteiger partial charge is 0.310 e. The summed E-state index contributed by atoms with van der Waals surface area (Å²) in [6.07, 6.45) is 0. The van der Waals surface area contributed by atoms with Crippen LogP contribution in [0.1, 0.15) is 0 Å². The Morgan fingerprint density at radius 1 is 0.320 bits per heavy atom. The van der Waals surface area contributed by atoms with Crippen LogP contribution in [0, 0.1) is 0 Å². The lowest BCUT2D eigenvalue weighted by Gasteiger charge is -2.28. The lowest BCUT2D eigenvalue weighted by molar-refractivity contribution is 1.18. The minimum absolute atomic E-state index is 1.09. The van der Waals surface area contributed by atoms with Crippen molar-refractivity contribution in [3.63, 3.8) is 0 Å². The van der Waals surface area contributed by atoms with Gasteiger partial charge in [-0.2, -0.15) is 0 Å². The third kappa shape index (κ3) is 5.34. The number of aromatic nitrogens is 1. The number of nitrogens with zero attached hydrogens (tertiary/aromatic N) is 2. The average molecular weight is 639 g/mol. The van der Waals surface area contributed by atoms with Gasteiger partial charge in [-0.1, -0.05) is 152 Å². The summed E-state index contributed by atoms with van der Waals surface area (Å²) in [7, 11) is 0. The van der Waals surface area contributed by atoms with Crippen LogP contribution in [0.2, 0.25) is 0 Å². The van der Waals surface area contributed by atoms with Gasteiger partial charge in [0.2, 0.25) is 0 Å². The Bertz CT molecular complexity index is 2570. The molecule has 0 bridgehead atoms. The van der Waals surface area contributed by atoms with E-state index in [0.29, 0.717) is 0 Å². The number of hydrogen-bond donors (Lipinski definition) is 0. The highest BCUT2D eigenvalue weighted by atomic mass is 15.1. The monoisotopic (exact) mass is 638 g/mol. The van der Waals surface area contributed by atoms with Crippen LogP contribution in [0.3, 0.4) is 0 Å². The Hall–Kier alpha value is -6.64. The molecule has 0 unspecified atom stereocenters.